The van der Waals surface area contributed by atoms with Crippen LogP contribution in [0, 0.1) is 0 Å². The van der Waals surface area contributed by atoms with Gasteiger partial charge in [-0.05, 0) is 23.8 Å². The molecule has 1 saturated heterocycles. The van der Waals surface area contributed by atoms with Crippen LogP contribution in [-0.2, 0) is 24.5 Å². The molecule has 0 aliphatic carbocycles. The fourth-order valence-corrected chi connectivity index (χ4v) is 4.09. The third-order valence-electron chi connectivity index (χ3n) is 5.82. The molecule has 1 atom stereocenters. The van der Waals surface area contributed by atoms with Gasteiger partial charge in [0.1, 0.15) is 18.4 Å². The van der Waals surface area contributed by atoms with Crippen LogP contribution < -0.4 is 10.1 Å². The van der Waals surface area contributed by atoms with Gasteiger partial charge in [0.2, 0.25) is 5.91 Å². The van der Waals surface area contributed by atoms with E-state index < -0.39 is 0 Å². The van der Waals surface area contributed by atoms with E-state index in [9.17, 15) is 4.79 Å². The highest BCUT2D eigenvalue weighted by Crippen LogP contribution is 2.23. The Morgan fingerprint density at radius 2 is 1.78 bits per heavy atom. The Labute approximate surface area is 189 Å². The molecule has 2 heterocycles. The Kier molecular flexibility index (Phi) is 7.48. The second-order valence-electron chi connectivity index (χ2n) is 8.04. The Morgan fingerprint density at radius 3 is 2.56 bits per heavy atom. The second-order valence-corrected chi connectivity index (χ2v) is 8.04. The van der Waals surface area contributed by atoms with Crippen molar-refractivity contribution in [1.29, 1.82) is 0 Å². The van der Waals surface area contributed by atoms with Gasteiger partial charge in [-0.15, -0.1) is 0 Å². The molecule has 0 saturated carbocycles. The number of carbonyl (C=O) groups is 1. The number of carbonyl (C=O) groups excluding carboxylic acids is 1. The van der Waals surface area contributed by atoms with Gasteiger partial charge in [0, 0.05) is 51.5 Å². The lowest BCUT2D eigenvalue weighted by Crippen LogP contribution is -2.57. The van der Waals surface area contributed by atoms with Gasteiger partial charge in [0.05, 0.1) is 5.69 Å². The van der Waals surface area contributed by atoms with Crippen LogP contribution in [0.5, 0.6) is 5.75 Å². The number of hydrogen-bond acceptors (Lipinski definition) is 5. The molecule has 1 aromatic heterocycles. The third kappa shape index (κ3) is 5.72. The molecular formula is C26H30N4O2. The van der Waals surface area contributed by atoms with Crippen molar-refractivity contribution in [1.82, 2.24) is 20.1 Å². The lowest BCUT2D eigenvalue weighted by atomic mass is 10.1. The van der Waals surface area contributed by atoms with E-state index >= 15 is 0 Å². The van der Waals surface area contributed by atoms with E-state index in [1.54, 1.807) is 13.2 Å². The van der Waals surface area contributed by atoms with Crippen LogP contribution in [-0.4, -0.2) is 53.4 Å². The number of ether oxygens (including phenoxy) is 1. The van der Waals surface area contributed by atoms with Crippen molar-refractivity contribution in [2.45, 2.75) is 25.7 Å². The summed E-state index contributed by atoms with van der Waals surface area (Å²) in [4.78, 5) is 21.6. The number of amides is 1. The van der Waals surface area contributed by atoms with E-state index in [1.165, 1.54) is 5.56 Å². The summed E-state index contributed by atoms with van der Waals surface area (Å²) >= 11 is 0. The van der Waals surface area contributed by atoms with Crippen molar-refractivity contribution in [3.63, 3.8) is 0 Å². The summed E-state index contributed by atoms with van der Waals surface area (Å²) in [5, 5.41) is 2.85. The van der Waals surface area contributed by atoms with Gasteiger partial charge in [-0.3, -0.25) is 19.6 Å². The highest BCUT2D eigenvalue weighted by Gasteiger charge is 2.32. The maximum Gasteiger partial charge on any atom is 0.238 e. The van der Waals surface area contributed by atoms with Crippen molar-refractivity contribution in [2.24, 2.45) is 0 Å². The van der Waals surface area contributed by atoms with Gasteiger partial charge >= 0.3 is 0 Å². The minimum Gasteiger partial charge on any atom is -0.487 e. The number of hydrogen-bond donors (Lipinski definition) is 1. The minimum atomic E-state index is -0.185. The number of pyridine rings is 1. The summed E-state index contributed by atoms with van der Waals surface area (Å²) in [6.07, 6.45) is 1.78. The Morgan fingerprint density at radius 1 is 1.00 bits per heavy atom. The second kappa shape index (κ2) is 10.9. The van der Waals surface area contributed by atoms with Crippen molar-refractivity contribution < 1.29 is 9.53 Å². The number of nitrogens with one attached hydrogen (secondary N) is 1. The molecule has 0 radical (unpaired) electrons. The normalized spacial score (nSPS) is 17.1. The van der Waals surface area contributed by atoms with Gasteiger partial charge in [0.25, 0.3) is 0 Å². The molecule has 32 heavy (non-hydrogen) atoms. The fraction of sp³-hybridized carbons (Fsp3) is 0.308. The maximum absolute atomic E-state index is 12.7. The molecule has 1 aliphatic rings. The van der Waals surface area contributed by atoms with Gasteiger partial charge in [0.15, 0.2) is 0 Å². The van der Waals surface area contributed by atoms with Crippen LogP contribution in [0.4, 0.5) is 0 Å². The van der Waals surface area contributed by atoms with E-state index in [2.05, 4.69) is 38.3 Å². The van der Waals surface area contributed by atoms with Crippen LogP contribution >= 0.6 is 0 Å². The molecule has 0 bridgehead atoms. The van der Waals surface area contributed by atoms with E-state index in [0.717, 1.165) is 43.2 Å². The molecule has 1 amide bonds. The van der Waals surface area contributed by atoms with E-state index in [4.69, 9.17) is 4.74 Å². The predicted molar refractivity (Wildman–Crippen MR) is 125 cm³/mol. The molecule has 6 nitrogen and oxygen atoms in total. The van der Waals surface area contributed by atoms with Gasteiger partial charge in [-0.25, -0.2) is 0 Å². The number of nitrogens with zero attached hydrogens (tertiary/aromatic N) is 3. The van der Waals surface area contributed by atoms with E-state index in [1.807, 2.05) is 54.6 Å². The van der Waals surface area contributed by atoms with Crippen LogP contribution in [0.1, 0.15) is 16.8 Å². The highest BCUT2D eigenvalue weighted by molar-refractivity contribution is 5.81. The lowest BCUT2D eigenvalue weighted by Gasteiger charge is -2.40. The molecule has 6 heteroatoms. The lowest BCUT2D eigenvalue weighted by molar-refractivity contribution is -0.128. The molecule has 166 valence electrons. The molecule has 0 spiro atoms. The van der Waals surface area contributed by atoms with Gasteiger partial charge in [-0.2, -0.15) is 0 Å². The zero-order chi connectivity index (χ0) is 22.2. The summed E-state index contributed by atoms with van der Waals surface area (Å²) in [6.45, 7) is 4.37. The van der Waals surface area contributed by atoms with Crippen LogP contribution in [0.3, 0.4) is 0 Å². The predicted octanol–water partition coefficient (Wildman–Crippen LogP) is 3.09. The molecule has 2 aromatic carbocycles. The first-order valence-electron chi connectivity index (χ1n) is 11.1. The number of para-hydroxylation sites is 1. The van der Waals surface area contributed by atoms with Crippen molar-refractivity contribution in [3.05, 3.63) is 95.8 Å². The molecule has 4 rings (SSSR count). The van der Waals surface area contributed by atoms with Crippen LogP contribution in [0.15, 0.2) is 79.0 Å². The van der Waals surface area contributed by atoms with Gasteiger partial charge < -0.3 is 10.1 Å². The number of benzene rings is 2. The first-order chi connectivity index (χ1) is 15.7. The number of piperazine rings is 1. The quantitative estimate of drug-likeness (QED) is 0.595. The summed E-state index contributed by atoms with van der Waals surface area (Å²) in [6, 6.07) is 24.1. The molecular weight excluding hydrogens is 400 g/mol. The zero-order valence-electron chi connectivity index (χ0n) is 18.5. The monoisotopic (exact) mass is 430 g/mol. The standard InChI is InChI=1S/C26H30N4O2/c1-27-26(31)24-19-29(15-16-30(24)17-21-9-3-2-4-10-21)18-22-11-5-6-13-25(22)32-20-23-12-7-8-14-28-23/h2-14,24H,15-20H2,1H3,(H,27,31)/t24-/m0/s1. The summed E-state index contributed by atoms with van der Waals surface area (Å²) in [7, 11) is 1.71. The summed E-state index contributed by atoms with van der Waals surface area (Å²) in [5.74, 6) is 0.923. The smallest absolute Gasteiger partial charge is 0.238 e. The Bertz CT molecular complexity index is 997. The van der Waals surface area contributed by atoms with Crippen molar-refractivity contribution >= 4 is 5.91 Å². The molecule has 1 N–H and O–H groups in total. The average molecular weight is 431 g/mol. The number of rotatable bonds is 8. The molecule has 3 aromatic rings. The minimum absolute atomic E-state index is 0.0605. The summed E-state index contributed by atoms with van der Waals surface area (Å²) < 4.78 is 6.08. The largest absolute Gasteiger partial charge is 0.487 e. The number of aromatic nitrogens is 1. The Hall–Kier alpha value is -3.22. The van der Waals surface area contributed by atoms with Crippen molar-refractivity contribution in [3.8, 4) is 5.75 Å². The first-order valence-corrected chi connectivity index (χ1v) is 11.1. The average Bonchev–Trinajstić information content (AvgIpc) is 2.85. The Balaban J connectivity index is 1.42. The van der Waals surface area contributed by atoms with E-state index in [0.29, 0.717) is 13.2 Å². The maximum atomic E-state index is 12.7. The van der Waals surface area contributed by atoms with E-state index in [-0.39, 0.29) is 11.9 Å². The topological polar surface area (TPSA) is 57.7 Å². The van der Waals surface area contributed by atoms with Crippen molar-refractivity contribution in [2.75, 3.05) is 26.7 Å². The summed E-state index contributed by atoms with van der Waals surface area (Å²) in [5.41, 5.74) is 3.25. The molecule has 1 fully saturated rings. The SMILES string of the molecule is CNC(=O)[C@@H]1CN(Cc2ccccc2OCc2ccccn2)CCN1Cc1ccccc1. The van der Waals surface area contributed by atoms with Crippen LogP contribution in [0.25, 0.3) is 0 Å². The third-order valence-corrected chi connectivity index (χ3v) is 5.82. The number of likely N-dealkylation sites (N-methyl/N-ethyl adjacent to an activating group) is 1. The fourth-order valence-electron chi connectivity index (χ4n) is 4.09. The zero-order valence-corrected chi connectivity index (χ0v) is 18.5. The molecule has 1 aliphatic heterocycles. The van der Waals surface area contributed by atoms with Crippen LogP contribution in [0.2, 0.25) is 0 Å². The first kappa shape index (κ1) is 22.0. The van der Waals surface area contributed by atoms with Gasteiger partial charge in [-0.1, -0.05) is 54.6 Å². The molecule has 0 unspecified atom stereocenters. The highest BCUT2D eigenvalue weighted by atomic mass is 16.5.